The summed E-state index contributed by atoms with van der Waals surface area (Å²) in [5, 5.41) is 8.87. The Morgan fingerprint density at radius 2 is 1.64 bits per heavy atom. The zero-order valence-corrected chi connectivity index (χ0v) is 15.9. The van der Waals surface area contributed by atoms with Crippen molar-refractivity contribution < 1.29 is 9.90 Å². The minimum Gasteiger partial charge on any atom is -0.396 e. The van der Waals surface area contributed by atoms with Gasteiger partial charge in [-0.2, -0.15) is 0 Å². The lowest BCUT2D eigenvalue weighted by atomic mass is 10.1. The smallest absolute Gasteiger partial charge is 0.253 e. The Labute approximate surface area is 154 Å². The lowest BCUT2D eigenvalue weighted by Gasteiger charge is -2.18. The van der Waals surface area contributed by atoms with E-state index >= 15 is 0 Å². The number of carbonyl (C=O) groups is 1. The summed E-state index contributed by atoms with van der Waals surface area (Å²) in [7, 11) is 5.92. The minimum atomic E-state index is 0.0109. The third kappa shape index (κ3) is 6.20. The van der Waals surface area contributed by atoms with Gasteiger partial charge >= 0.3 is 0 Å². The zero-order valence-electron chi connectivity index (χ0n) is 15.1. The molecule has 0 spiro atoms. The summed E-state index contributed by atoms with van der Waals surface area (Å²) in [6.07, 6.45) is 0. The molecule has 2 rings (SSSR count). The molecule has 0 atom stereocenters. The Morgan fingerprint density at radius 3 is 2.24 bits per heavy atom. The van der Waals surface area contributed by atoms with E-state index < -0.39 is 0 Å². The van der Waals surface area contributed by atoms with Gasteiger partial charge in [0.1, 0.15) is 0 Å². The van der Waals surface area contributed by atoms with Crippen LogP contribution in [0.5, 0.6) is 0 Å². The van der Waals surface area contributed by atoms with E-state index in [0.29, 0.717) is 17.9 Å². The van der Waals surface area contributed by atoms with Crippen molar-refractivity contribution in [3.8, 4) is 0 Å². The number of thioether (sulfide) groups is 1. The number of nitrogens with zero attached hydrogens (tertiary/aromatic N) is 2. The monoisotopic (exact) mass is 358 g/mol. The average molecular weight is 359 g/mol. The average Bonchev–Trinajstić information content (AvgIpc) is 2.59. The highest BCUT2D eigenvalue weighted by Crippen LogP contribution is 2.19. The van der Waals surface area contributed by atoms with Crippen molar-refractivity contribution in [3.05, 3.63) is 65.2 Å². The molecule has 25 heavy (non-hydrogen) atoms. The summed E-state index contributed by atoms with van der Waals surface area (Å²) in [6, 6.07) is 15.9. The molecule has 0 aromatic heterocycles. The molecule has 2 aromatic carbocycles. The molecule has 0 heterocycles. The Balaban J connectivity index is 2.00. The van der Waals surface area contributed by atoms with Gasteiger partial charge in [-0.15, -0.1) is 11.8 Å². The number of benzene rings is 2. The Kier molecular flexibility index (Phi) is 7.50. The van der Waals surface area contributed by atoms with E-state index in [1.54, 1.807) is 16.7 Å². The first kappa shape index (κ1) is 19.5. The van der Waals surface area contributed by atoms with Crippen LogP contribution >= 0.6 is 11.8 Å². The van der Waals surface area contributed by atoms with Gasteiger partial charge in [0.25, 0.3) is 5.91 Å². The quantitative estimate of drug-likeness (QED) is 0.737. The van der Waals surface area contributed by atoms with Gasteiger partial charge in [0.15, 0.2) is 0 Å². The van der Waals surface area contributed by atoms with Gasteiger partial charge < -0.3 is 14.9 Å². The molecule has 1 amide bonds. The number of aliphatic hydroxyl groups is 1. The largest absolute Gasteiger partial charge is 0.396 e. The van der Waals surface area contributed by atoms with Crippen molar-refractivity contribution >= 4 is 17.7 Å². The Hall–Kier alpha value is -1.82. The van der Waals surface area contributed by atoms with Gasteiger partial charge in [-0.25, -0.2) is 0 Å². The fourth-order valence-electron chi connectivity index (χ4n) is 2.61. The van der Waals surface area contributed by atoms with Crippen molar-refractivity contribution in [2.24, 2.45) is 0 Å². The van der Waals surface area contributed by atoms with E-state index in [0.717, 1.165) is 17.0 Å². The molecule has 0 fully saturated rings. The highest BCUT2D eigenvalue weighted by molar-refractivity contribution is 7.99. The van der Waals surface area contributed by atoms with Crippen LogP contribution in [-0.4, -0.2) is 54.3 Å². The predicted octanol–water partition coefficient (Wildman–Crippen LogP) is 3.10. The molecule has 0 unspecified atom stereocenters. The number of amides is 1. The SMILES string of the molecule is CN(C)Cc1cccc(CN(C)C(=O)c2ccc(SCCO)cc2)c1. The highest BCUT2D eigenvalue weighted by Gasteiger charge is 2.12. The molecule has 2 aromatic rings. The third-order valence-corrected chi connectivity index (χ3v) is 4.71. The second kappa shape index (κ2) is 9.61. The van der Waals surface area contributed by atoms with Crippen molar-refractivity contribution in [3.63, 3.8) is 0 Å². The molecule has 0 saturated carbocycles. The van der Waals surface area contributed by atoms with Crippen LogP contribution in [0.25, 0.3) is 0 Å². The van der Waals surface area contributed by atoms with E-state index in [1.807, 2.05) is 51.5 Å². The highest BCUT2D eigenvalue weighted by atomic mass is 32.2. The van der Waals surface area contributed by atoms with E-state index in [-0.39, 0.29) is 12.5 Å². The van der Waals surface area contributed by atoms with E-state index in [9.17, 15) is 4.79 Å². The van der Waals surface area contributed by atoms with Gasteiger partial charge in [-0.3, -0.25) is 4.79 Å². The number of hydrogen-bond donors (Lipinski definition) is 1. The molecule has 5 heteroatoms. The summed E-state index contributed by atoms with van der Waals surface area (Å²) in [4.78, 5) is 17.5. The molecular weight excluding hydrogens is 332 g/mol. The zero-order chi connectivity index (χ0) is 18.2. The molecule has 0 aliphatic heterocycles. The van der Waals surface area contributed by atoms with Crippen LogP contribution in [0.15, 0.2) is 53.4 Å². The standard InChI is InChI=1S/C20H26N2O2S/c1-21(2)14-16-5-4-6-17(13-16)15-22(3)20(24)18-7-9-19(10-8-18)25-12-11-23/h4-10,13,23H,11-12,14-15H2,1-3H3. The Morgan fingerprint density at radius 1 is 1.00 bits per heavy atom. The molecule has 0 bridgehead atoms. The van der Waals surface area contributed by atoms with Crippen LogP contribution in [0.2, 0.25) is 0 Å². The molecule has 1 N–H and O–H groups in total. The fourth-order valence-corrected chi connectivity index (χ4v) is 3.27. The van der Waals surface area contributed by atoms with Crippen molar-refractivity contribution in [1.29, 1.82) is 0 Å². The number of rotatable bonds is 8. The fraction of sp³-hybridized carbons (Fsp3) is 0.350. The molecule has 0 radical (unpaired) electrons. The van der Waals surface area contributed by atoms with Gasteiger partial charge in [-0.05, 0) is 49.5 Å². The van der Waals surface area contributed by atoms with E-state index in [1.165, 1.54) is 5.56 Å². The molecule has 0 saturated heterocycles. The van der Waals surface area contributed by atoms with Crippen LogP contribution < -0.4 is 0 Å². The maximum atomic E-state index is 12.6. The van der Waals surface area contributed by atoms with Gasteiger partial charge in [-0.1, -0.05) is 24.3 Å². The maximum absolute atomic E-state index is 12.6. The van der Waals surface area contributed by atoms with Gasteiger partial charge in [0.05, 0.1) is 6.61 Å². The summed E-state index contributed by atoms with van der Waals surface area (Å²) < 4.78 is 0. The molecule has 0 aliphatic carbocycles. The van der Waals surface area contributed by atoms with Crippen LogP contribution in [0.3, 0.4) is 0 Å². The van der Waals surface area contributed by atoms with Crippen LogP contribution in [0.1, 0.15) is 21.5 Å². The molecular formula is C20H26N2O2S. The third-order valence-electron chi connectivity index (χ3n) is 3.72. The van der Waals surface area contributed by atoms with Gasteiger partial charge in [0, 0.05) is 36.3 Å². The van der Waals surface area contributed by atoms with E-state index in [2.05, 4.69) is 23.1 Å². The van der Waals surface area contributed by atoms with E-state index in [4.69, 9.17) is 5.11 Å². The van der Waals surface area contributed by atoms with Crippen molar-refractivity contribution in [2.75, 3.05) is 33.5 Å². The second-order valence-corrected chi connectivity index (χ2v) is 7.48. The molecule has 0 aliphatic rings. The summed E-state index contributed by atoms with van der Waals surface area (Å²) in [5.41, 5.74) is 3.05. The first-order chi connectivity index (χ1) is 12.0. The second-order valence-electron chi connectivity index (χ2n) is 6.32. The predicted molar refractivity (Wildman–Crippen MR) is 104 cm³/mol. The number of hydrogen-bond acceptors (Lipinski definition) is 4. The summed E-state index contributed by atoms with van der Waals surface area (Å²) in [6.45, 7) is 1.63. The van der Waals surface area contributed by atoms with Gasteiger partial charge in [0.2, 0.25) is 0 Å². The first-order valence-electron chi connectivity index (χ1n) is 8.31. The maximum Gasteiger partial charge on any atom is 0.253 e. The summed E-state index contributed by atoms with van der Waals surface area (Å²) in [5.74, 6) is 0.674. The topological polar surface area (TPSA) is 43.8 Å². The lowest BCUT2D eigenvalue weighted by molar-refractivity contribution is 0.0785. The summed E-state index contributed by atoms with van der Waals surface area (Å²) >= 11 is 1.58. The lowest BCUT2D eigenvalue weighted by Crippen LogP contribution is -2.26. The minimum absolute atomic E-state index is 0.0109. The molecule has 4 nitrogen and oxygen atoms in total. The number of carbonyl (C=O) groups excluding carboxylic acids is 1. The molecule has 134 valence electrons. The van der Waals surface area contributed by atoms with Crippen LogP contribution in [0, 0.1) is 0 Å². The first-order valence-corrected chi connectivity index (χ1v) is 9.30. The van der Waals surface area contributed by atoms with Crippen molar-refractivity contribution in [1.82, 2.24) is 9.80 Å². The van der Waals surface area contributed by atoms with Crippen molar-refractivity contribution in [2.45, 2.75) is 18.0 Å². The number of aliphatic hydroxyl groups excluding tert-OH is 1. The Bertz CT molecular complexity index is 686. The normalized spacial score (nSPS) is 10.9. The van der Waals surface area contributed by atoms with Crippen LogP contribution in [0.4, 0.5) is 0 Å². The van der Waals surface area contributed by atoms with Crippen LogP contribution in [-0.2, 0) is 13.1 Å².